The third-order valence-corrected chi connectivity index (χ3v) is 3.57. The highest BCUT2D eigenvalue weighted by Crippen LogP contribution is 2.26. The second-order valence-electron chi connectivity index (χ2n) is 4.69. The van der Waals surface area contributed by atoms with E-state index in [2.05, 4.69) is 12.2 Å². The quantitative estimate of drug-likeness (QED) is 0.735. The Morgan fingerprint density at radius 3 is 2.68 bits per heavy atom. The second kappa shape index (κ2) is 6.42. The third-order valence-electron chi connectivity index (χ3n) is 3.57. The van der Waals surface area contributed by atoms with Gasteiger partial charge in [-0.25, -0.2) is 0 Å². The summed E-state index contributed by atoms with van der Waals surface area (Å²) in [6.07, 6.45) is 2.09. The number of hydrogen-bond acceptors (Lipinski definition) is 3. The molecule has 0 fully saturated rings. The summed E-state index contributed by atoms with van der Waals surface area (Å²) in [6, 6.07) is 5.99. The molecule has 19 heavy (non-hydrogen) atoms. The number of nitrogens with zero attached hydrogens (tertiary/aromatic N) is 1. The maximum Gasteiger partial charge on any atom is 0.0709 e. The summed E-state index contributed by atoms with van der Waals surface area (Å²) < 4.78 is 0. The maximum atomic E-state index is 5.86. The number of hydrogen-bond donors (Lipinski definition) is 2. The molecule has 5 heteroatoms. The molecular formula is C14H19Cl2N3. The Kier molecular flexibility index (Phi) is 5.41. The van der Waals surface area contributed by atoms with Crippen molar-refractivity contribution in [2.24, 2.45) is 0 Å². The van der Waals surface area contributed by atoms with Gasteiger partial charge in [-0.1, -0.05) is 0 Å². The zero-order valence-electron chi connectivity index (χ0n) is 10.9. The van der Waals surface area contributed by atoms with Crippen LogP contribution in [0.3, 0.4) is 0 Å². The van der Waals surface area contributed by atoms with Crippen molar-refractivity contribution in [1.82, 2.24) is 10.3 Å². The van der Waals surface area contributed by atoms with E-state index in [9.17, 15) is 0 Å². The zero-order chi connectivity index (χ0) is 11.8. The van der Waals surface area contributed by atoms with E-state index in [1.165, 1.54) is 22.2 Å². The van der Waals surface area contributed by atoms with E-state index in [-0.39, 0.29) is 24.8 Å². The SMILES string of the molecule is Cc1c2c(nc3ccc(N)cc13)CCNCC2.Cl.Cl. The first kappa shape index (κ1) is 16.0. The number of pyridine rings is 1. The molecule has 0 bridgehead atoms. The van der Waals surface area contributed by atoms with E-state index in [0.29, 0.717) is 0 Å². The minimum absolute atomic E-state index is 0. The van der Waals surface area contributed by atoms with Crippen molar-refractivity contribution in [3.63, 3.8) is 0 Å². The van der Waals surface area contributed by atoms with E-state index >= 15 is 0 Å². The molecule has 0 saturated carbocycles. The van der Waals surface area contributed by atoms with Crippen molar-refractivity contribution >= 4 is 41.4 Å². The summed E-state index contributed by atoms with van der Waals surface area (Å²) in [5.74, 6) is 0. The van der Waals surface area contributed by atoms with Gasteiger partial charge in [-0.3, -0.25) is 4.98 Å². The number of rotatable bonds is 0. The molecule has 0 saturated heterocycles. The van der Waals surface area contributed by atoms with Gasteiger partial charge in [0.2, 0.25) is 0 Å². The second-order valence-corrected chi connectivity index (χ2v) is 4.69. The number of aryl methyl sites for hydroxylation is 1. The lowest BCUT2D eigenvalue weighted by Gasteiger charge is -2.12. The Hall–Kier alpha value is -1.03. The number of fused-ring (bicyclic) bond motifs is 2. The normalized spacial score (nSPS) is 13.9. The lowest BCUT2D eigenvalue weighted by molar-refractivity contribution is 0.708. The zero-order valence-corrected chi connectivity index (χ0v) is 12.5. The predicted molar refractivity (Wildman–Crippen MR) is 85.7 cm³/mol. The van der Waals surface area contributed by atoms with Crippen molar-refractivity contribution in [2.75, 3.05) is 18.8 Å². The molecule has 3 rings (SSSR count). The lowest BCUT2D eigenvalue weighted by atomic mass is 9.98. The average Bonchev–Trinajstić information content (AvgIpc) is 2.56. The van der Waals surface area contributed by atoms with Crippen LogP contribution in [0.5, 0.6) is 0 Å². The predicted octanol–water partition coefficient (Wildman–Crippen LogP) is 2.66. The molecule has 0 unspecified atom stereocenters. The summed E-state index contributed by atoms with van der Waals surface area (Å²) in [7, 11) is 0. The molecule has 1 aromatic heterocycles. The lowest BCUT2D eigenvalue weighted by Crippen LogP contribution is -2.16. The summed E-state index contributed by atoms with van der Waals surface area (Å²) in [5, 5.41) is 4.62. The van der Waals surface area contributed by atoms with Gasteiger partial charge in [0.05, 0.1) is 5.52 Å². The van der Waals surface area contributed by atoms with Crippen LogP contribution in [0.25, 0.3) is 10.9 Å². The Morgan fingerprint density at radius 2 is 1.89 bits per heavy atom. The minimum atomic E-state index is 0. The number of halogens is 2. The van der Waals surface area contributed by atoms with Gasteiger partial charge in [0.25, 0.3) is 0 Å². The fraction of sp³-hybridized carbons (Fsp3) is 0.357. The van der Waals surface area contributed by atoms with Crippen molar-refractivity contribution in [2.45, 2.75) is 19.8 Å². The first-order valence-electron chi connectivity index (χ1n) is 6.14. The summed E-state index contributed by atoms with van der Waals surface area (Å²) in [5.41, 5.74) is 11.8. The van der Waals surface area contributed by atoms with E-state index in [1.807, 2.05) is 18.2 Å². The minimum Gasteiger partial charge on any atom is -0.399 e. The molecule has 2 heterocycles. The molecule has 104 valence electrons. The molecule has 1 aliphatic rings. The number of nitrogens with two attached hydrogens (primary N) is 1. The summed E-state index contributed by atoms with van der Waals surface area (Å²) in [6.45, 7) is 4.26. The molecule has 0 aliphatic carbocycles. The molecule has 3 N–H and O–H groups in total. The molecule has 0 spiro atoms. The van der Waals surface area contributed by atoms with Gasteiger partial charge in [0.1, 0.15) is 0 Å². The van der Waals surface area contributed by atoms with Gasteiger partial charge in [-0.15, -0.1) is 24.8 Å². The molecular weight excluding hydrogens is 281 g/mol. The summed E-state index contributed by atoms with van der Waals surface area (Å²) in [4.78, 5) is 4.78. The third kappa shape index (κ3) is 2.94. The van der Waals surface area contributed by atoms with E-state index < -0.39 is 0 Å². The van der Waals surface area contributed by atoms with Crippen LogP contribution in [0.2, 0.25) is 0 Å². The van der Waals surface area contributed by atoms with Gasteiger partial charge in [0, 0.05) is 29.7 Å². The van der Waals surface area contributed by atoms with E-state index in [1.54, 1.807) is 0 Å². The van der Waals surface area contributed by atoms with Crippen molar-refractivity contribution in [3.8, 4) is 0 Å². The van der Waals surface area contributed by atoms with Crippen LogP contribution in [0.15, 0.2) is 18.2 Å². The average molecular weight is 300 g/mol. The van der Waals surface area contributed by atoms with Crippen molar-refractivity contribution in [3.05, 3.63) is 35.0 Å². The summed E-state index contributed by atoms with van der Waals surface area (Å²) >= 11 is 0. The van der Waals surface area contributed by atoms with Crippen LogP contribution < -0.4 is 11.1 Å². The van der Waals surface area contributed by atoms with Gasteiger partial charge >= 0.3 is 0 Å². The Labute approximate surface area is 125 Å². The smallest absolute Gasteiger partial charge is 0.0709 e. The van der Waals surface area contributed by atoms with Gasteiger partial charge in [-0.2, -0.15) is 0 Å². The monoisotopic (exact) mass is 299 g/mol. The van der Waals surface area contributed by atoms with Crippen LogP contribution in [0.1, 0.15) is 16.8 Å². The number of benzene rings is 1. The van der Waals surface area contributed by atoms with Gasteiger partial charge < -0.3 is 11.1 Å². The first-order valence-corrected chi connectivity index (χ1v) is 6.14. The highest BCUT2D eigenvalue weighted by atomic mass is 35.5. The molecule has 0 atom stereocenters. The molecule has 1 aromatic carbocycles. The van der Waals surface area contributed by atoms with E-state index in [4.69, 9.17) is 10.7 Å². The van der Waals surface area contributed by atoms with Crippen molar-refractivity contribution in [1.29, 1.82) is 0 Å². The fourth-order valence-corrected chi connectivity index (χ4v) is 2.63. The van der Waals surface area contributed by atoms with Crippen LogP contribution in [-0.4, -0.2) is 18.1 Å². The molecule has 0 amide bonds. The van der Waals surface area contributed by atoms with E-state index in [0.717, 1.165) is 37.1 Å². The topological polar surface area (TPSA) is 50.9 Å². The van der Waals surface area contributed by atoms with Crippen LogP contribution >= 0.6 is 24.8 Å². The van der Waals surface area contributed by atoms with Crippen LogP contribution in [0, 0.1) is 6.92 Å². The standard InChI is InChI=1S/C14H17N3.2ClH/c1-9-11-4-6-16-7-5-14(11)17-13-3-2-10(15)8-12(9)13;;/h2-3,8,16H,4-7,15H2,1H3;2*1H. The van der Waals surface area contributed by atoms with Crippen LogP contribution in [0.4, 0.5) is 5.69 Å². The number of anilines is 1. The number of nitrogens with one attached hydrogen (secondary N) is 1. The maximum absolute atomic E-state index is 5.86. The first-order chi connectivity index (χ1) is 8.25. The Balaban J connectivity index is 0.000000902. The number of aromatic nitrogens is 1. The van der Waals surface area contributed by atoms with Gasteiger partial charge in [0.15, 0.2) is 0 Å². The fourth-order valence-electron chi connectivity index (χ4n) is 2.63. The van der Waals surface area contributed by atoms with Gasteiger partial charge in [-0.05, 0) is 49.2 Å². The largest absolute Gasteiger partial charge is 0.399 e. The molecule has 1 aliphatic heterocycles. The van der Waals surface area contributed by atoms with Crippen LogP contribution in [-0.2, 0) is 12.8 Å². The Bertz CT molecular complexity index is 584. The molecule has 2 aromatic rings. The molecule has 3 nitrogen and oxygen atoms in total. The highest BCUT2D eigenvalue weighted by molar-refractivity contribution is 5.86. The number of nitrogen functional groups attached to an aromatic ring is 1. The highest BCUT2D eigenvalue weighted by Gasteiger charge is 2.14. The Morgan fingerprint density at radius 1 is 1.16 bits per heavy atom. The van der Waals surface area contributed by atoms with Crippen molar-refractivity contribution < 1.29 is 0 Å². The molecule has 0 radical (unpaired) electrons.